The second kappa shape index (κ2) is 20.9. The quantitative estimate of drug-likeness (QED) is 0.0620. The van der Waals surface area contributed by atoms with Gasteiger partial charge >= 0.3 is 17.9 Å². The predicted octanol–water partition coefficient (Wildman–Crippen LogP) is -0.814. The molecule has 0 radical (unpaired) electrons. The molecule has 364 valence electrons. The summed E-state index contributed by atoms with van der Waals surface area (Å²) in [7, 11) is 2.32. The number of H-pyrrole nitrogens is 1. The highest BCUT2D eigenvalue weighted by molar-refractivity contribution is 6.12. The minimum absolute atomic E-state index is 0.00864. The van der Waals surface area contributed by atoms with Gasteiger partial charge in [0.1, 0.15) is 48.8 Å². The molecule has 22 heteroatoms. The van der Waals surface area contributed by atoms with Crippen molar-refractivity contribution in [3.05, 3.63) is 90.2 Å². The minimum Gasteiger partial charge on any atom is -0.477 e. The number of carboxylic acid groups (broad SMARTS) is 1. The number of aryl methyl sites for hydroxylation is 1. The fourth-order valence-electron chi connectivity index (χ4n) is 9.20. The number of aliphatic hydroxyl groups is 8. The Kier molecular flexibility index (Phi) is 15.5. The third-order valence-corrected chi connectivity index (χ3v) is 12.8. The summed E-state index contributed by atoms with van der Waals surface area (Å²) in [4.78, 5) is 48.0. The number of fused-ring (bicyclic) bond motifs is 3. The van der Waals surface area contributed by atoms with E-state index in [0.29, 0.717) is 21.8 Å². The number of nitrogens with one attached hydrogen (secondary N) is 1. The number of carbonyl (C=O) groups is 3. The third-order valence-electron chi connectivity index (χ3n) is 12.8. The van der Waals surface area contributed by atoms with E-state index in [9.17, 15) is 60.3 Å². The molecule has 1 aromatic carbocycles. The SMILES string of the molecule is C=C[C@@H]1[C@@H](O[C@@H]2O[C@H](CO)[C@H](O)[C@H](O)[C@@H]2O)OC=C(C(=O)OC)[C@@H]1Cc1nc(C(=O)O)c(CC[C@H]2C(C(=O)OC)=CO[C@H](O[C@@H]3O[C@@H](CO)[C@H](O)[C@@H](O)[C@@H]3O)[C@H]2C=C)c2c1[nH]c1ccccc12. The highest BCUT2D eigenvalue weighted by Gasteiger charge is 2.50. The summed E-state index contributed by atoms with van der Waals surface area (Å²) in [6, 6.07) is 7.09. The number of aromatic carboxylic acids is 1. The molecule has 6 heterocycles. The Morgan fingerprint density at radius 1 is 0.731 bits per heavy atom. The van der Waals surface area contributed by atoms with Crippen molar-refractivity contribution in [3.63, 3.8) is 0 Å². The topological polar surface area (TPSA) is 336 Å². The Morgan fingerprint density at radius 3 is 1.73 bits per heavy atom. The van der Waals surface area contributed by atoms with Gasteiger partial charge in [-0.05, 0) is 30.9 Å². The van der Waals surface area contributed by atoms with Crippen LogP contribution in [-0.4, -0.2) is 175 Å². The summed E-state index contributed by atoms with van der Waals surface area (Å²) >= 11 is 0. The van der Waals surface area contributed by atoms with Gasteiger partial charge in [0.05, 0.1) is 62.3 Å². The zero-order valence-corrected chi connectivity index (χ0v) is 36.3. The maximum Gasteiger partial charge on any atom is 0.354 e. The number of carboxylic acids is 1. The van der Waals surface area contributed by atoms with E-state index < -0.39 is 129 Å². The van der Waals surface area contributed by atoms with Gasteiger partial charge in [-0.3, -0.25) is 0 Å². The maximum absolute atomic E-state index is 13.4. The largest absolute Gasteiger partial charge is 0.477 e. The average molecular weight is 943 g/mol. The van der Waals surface area contributed by atoms with Crippen molar-refractivity contribution in [2.24, 2.45) is 23.7 Å². The minimum atomic E-state index is -1.79. The van der Waals surface area contributed by atoms with Crippen LogP contribution in [0.1, 0.15) is 28.2 Å². The van der Waals surface area contributed by atoms with Crippen molar-refractivity contribution in [1.82, 2.24) is 9.97 Å². The van der Waals surface area contributed by atoms with Gasteiger partial charge in [-0.15, -0.1) is 13.2 Å². The van der Waals surface area contributed by atoms with Gasteiger partial charge in [0.25, 0.3) is 0 Å². The number of nitrogens with zero attached hydrogens (tertiary/aromatic N) is 1. The molecule has 2 fully saturated rings. The molecule has 0 saturated carbocycles. The summed E-state index contributed by atoms with van der Waals surface area (Å²) in [6.07, 6.45) is -14.1. The highest BCUT2D eigenvalue weighted by Crippen LogP contribution is 2.42. The van der Waals surface area contributed by atoms with Crippen LogP contribution in [0.3, 0.4) is 0 Å². The lowest BCUT2D eigenvalue weighted by atomic mass is 9.79. The lowest BCUT2D eigenvalue weighted by molar-refractivity contribution is -0.339. The van der Waals surface area contributed by atoms with E-state index in [1.54, 1.807) is 24.3 Å². The van der Waals surface area contributed by atoms with Crippen LogP contribution in [-0.2, 0) is 60.3 Å². The van der Waals surface area contributed by atoms with Crippen molar-refractivity contribution >= 4 is 39.7 Å². The van der Waals surface area contributed by atoms with Crippen LogP contribution in [0, 0.1) is 23.7 Å². The molecule has 0 aliphatic carbocycles. The number of benzene rings is 1. The third kappa shape index (κ3) is 9.44. The molecule has 22 nitrogen and oxygen atoms in total. The first-order chi connectivity index (χ1) is 32.1. The van der Waals surface area contributed by atoms with Crippen LogP contribution in [0.5, 0.6) is 0 Å². The standard InChI is InChI=1S/C45H54N2O20/c1-5-18-20(24(40(58)60-3)16-62-42(18)66-44-37(54)35(52)33(50)28(14-48)64-44)11-12-22-30-21-9-7-8-10-26(21)46-32(30)27(47-31(22)39(56)57)13-23-19(6-2)43(63-17-25(23)41(59)61-4)67-45-38(55)36(53)34(51)29(15-49)65-45/h5-10,16-20,23,28-29,33-38,42-46,48-55H,1-2,11-15H2,3-4H3,(H,56,57)/t18-,19-,20+,23+,28-,29+,33-,34-,35+,36-,37-,38-,42+,43+,44-,45-/m0/s1. The number of methoxy groups -OCH3 is 2. The van der Waals surface area contributed by atoms with E-state index in [1.165, 1.54) is 19.3 Å². The smallest absolute Gasteiger partial charge is 0.354 e. The van der Waals surface area contributed by atoms with Gasteiger partial charge in [-0.25, -0.2) is 19.4 Å². The zero-order chi connectivity index (χ0) is 48.4. The van der Waals surface area contributed by atoms with Gasteiger partial charge < -0.3 is 88.8 Å². The van der Waals surface area contributed by atoms with E-state index in [0.717, 1.165) is 19.6 Å². The number of ether oxygens (including phenoxy) is 8. The average Bonchev–Trinajstić information content (AvgIpc) is 3.73. The number of pyridine rings is 1. The van der Waals surface area contributed by atoms with Crippen molar-refractivity contribution in [2.75, 3.05) is 27.4 Å². The van der Waals surface area contributed by atoms with Crippen LogP contribution in [0.4, 0.5) is 0 Å². The Balaban J connectivity index is 1.26. The van der Waals surface area contributed by atoms with Crippen LogP contribution in [0.25, 0.3) is 21.8 Å². The number of aromatic amines is 1. The number of carbonyl (C=O) groups excluding carboxylic acids is 2. The molecule has 0 bridgehead atoms. The first-order valence-electron chi connectivity index (χ1n) is 21.3. The van der Waals surface area contributed by atoms with Gasteiger partial charge in [0.15, 0.2) is 18.3 Å². The molecule has 4 aliphatic rings. The number of para-hydroxylation sites is 1. The molecular formula is C45H54N2O20. The number of hydrogen-bond donors (Lipinski definition) is 10. The second-order valence-electron chi connectivity index (χ2n) is 16.5. The normalized spacial score (nSPS) is 34.3. The van der Waals surface area contributed by atoms with E-state index in [2.05, 4.69) is 18.1 Å². The molecule has 0 amide bonds. The summed E-state index contributed by atoms with van der Waals surface area (Å²) in [5.74, 6) is -6.66. The van der Waals surface area contributed by atoms with Crippen LogP contribution in [0.15, 0.2) is 73.2 Å². The Labute approximate surface area is 381 Å². The summed E-state index contributed by atoms with van der Waals surface area (Å²) in [5, 5.41) is 94.4. The van der Waals surface area contributed by atoms with E-state index in [4.69, 9.17) is 42.9 Å². The molecule has 4 aliphatic heterocycles. The fourth-order valence-corrected chi connectivity index (χ4v) is 9.20. The second-order valence-corrected chi connectivity index (χ2v) is 16.5. The molecule has 2 saturated heterocycles. The van der Waals surface area contributed by atoms with Crippen LogP contribution < -0.4 is 0 Å². The van der Waals surface area contributed by atoms with Gasteiger partial charge in [-0.1, -0.05) is 30.4 Å². The van der Waals surface area contributed by atoms with E-state index in [-0.39, 0.29) is 47.4 Å². The Hall–Kier alpha value is -5.34. The number of aromatic nitrogens is 2. The zero-order valence-electron chi connectivity index (χ0n) is 36.3. The van der Waals surface area contributed by atoms with E-state index in [1.807, 2.05) is 0 Å². The van der Waals surface area contributed by atoms with E-state index >= 15 is 0 Å². The molecule has 2 aromatic heterocycles. The first-order valence-corrected chi connectivity index (χ1v) is 21.3. The summed E-state index contributed by atoms with van der Waals surface area (Å²) < 4.78 is 44.8. The highest BCUT2D eigenvalue weighted by atomic mass is 16.8. The molecule has 16 atom stereocenters. The monoisotopic (exact) mass is 942 g/mol. The van der Waals surface area contributed by atoms with Crippen LogP contribution >= 0.6 is 0 Å². The van der Waals surface area contributed by atoms with Crippen molar-refractivity contribution in [2.45, 2.75) is 93.3 Å². The van der Waals surface area contributed by atoms with Crippen LogP contribution in [0.2, 0.25) is 0 Å². The van der Waals surface area contributed by atoms with Crippen molar-refractivity contribution in [3.8, 4) is 0 Å². The van der Waals surface area contributed by atoms with Gasteiger partial charge in [0.2, 0.25) is 12.6 Å². The number of esters is 2. The molecule has 3 aromatic rings. The summed E-state index contributed by atoms with van der Waals surface area (Å²) in [5.41, 5.74) is 1.10. The van der Waals surface area contributed by atoms with Crippen molar-refractivity contribution in [1.29, 1.82) is 0 Å². The number of aliphatic hydroxyl groups excluding tert-OH is 8. The molecule has 7 rings (SSSR count). The lowest BCUT2D eigenvalue weighted by Gasteiger charge is -2.43. The number of rotatable bonds is 16. The molecule has 0 unspecified atom stereocenters. The molecule has 67 heavy (non-hydrogen) atoms. The molecular weight excluding hydrogens is 888 g/mol. The molecule has 0 spiro atoms. The predicted molar refractivity (Wildman–Crippen MR) is 227 cm³/mol. The fraction of sp³-hybridized carbons (Fsp3) is 0.511. The van der Waals surface area contributed by atoms with Crippen molar-refractivity contribution < 1.29 is 98.2 Å². The maximum atomic E-state index is 13.4. The lowest BCUT2D eigenvalue weighted by Crippen LogP contribution is -2.60. The van der Waals surface area contributed by atoms with Gasteiger partial charge in [-0.2, -0.15) is 0 Å². The number of hydrogen-bond acceptors (Lipinski definition) is 20. The van der Waals surface area contributed by atoms with Gasteiger partial charge in [0, 0.05) is 40.0 Å². The Bertz CT molecular complexity index is 2380. The molecule has 10 N–H and O–H groups in total. The Morgan fingerprint density at radius 2 is 1.24 bits per heavy atom. The summed E-state index contributed by atoms with van der Waals surface area (Å²) in [6.45, 7) is 6.41. The first kappa shape index (κ1) is 49.6.